The van der Waals surface area contributed by atoms with Gasteiger partial charge in [-0.1, -0.05) is 23.5 Å². The van der Waals surface area contributed by atoms with E-state index in [0.717, 1.165) is 10.2 Å². The highest BCUT2D eigenvalue weighted by molar-refractivity contribution is 9.10. The molecule has 1 aromatic heterocycles. The third kappa shape index (κ3) is 2.23. The lowest BCUT2D eigenvalue weighted by Gasteiger charge is -2.02. The van der Waals surface area contributed by atoms with Gasteiger partial charge in [0.15, 0.2) is 0 Å². The number of halogens is 2. The van der Waals surface area contributed by atoms with Gasteiger partial charge in [0.2, 0.25) is 0 Å². The Hall–Kier alpha value is -1.46. The van der Waals surface area contributed by atoms with Gasteiger partial charge in [-0.05, 0) is 46.3 Å². The van der Waals surface area contributed by atoms with Crippen molar-refractivity contribution < 1.29 is 9.13 Å². The summed E-state index contributed by atoms with van der Waals surface area (Å²) in [6, 6.07) is 12.3. The molecule has 18 heavy (non-hydrogen) atoms. The molecule has 0 amide bonds. The van der Waals surface area contributed by atoms with Crippen molar-refractivity contribution in [3.05, 3.63) is 52.8 Å². The van der Waals surface area contributed by atoms with Gasteiger partial charge < -0.3 is 4.74 Å². The van der Waals surface area contributed by atoms with Crippen LogP contribution in [-0.4, -0.2) is 4.98 Å². The van der Waals surface area contributed by atoms with Crippen molar-refractivity contribution in [1.82, 2.24) is 4.98 Å². The molecule has 0 fully saturated rings. The number of thiazole rings is 1. The average Bonchev–Trinajstić information content (AvgIpc) is 2.76. The number of nitrogens with zero attached hydrogens (tertiary/aromatic N) is 1. The summed E-state index contributed by atoms with van der Waals surface area (Å²) in [6.07, 6.45) is 0. The molecular formula is C13H7BrFNOS. The minimum Gasteiger partial charge on any atom is -0.431 e. The molecule has 0 saturated heterocycles. The van der Waals surface area contributed by atoms with Crippen molar-refractivity contribution in [1.29, 1.82) is 0 Å². The van der Waals surface area contributed by atoms with Crippen LogP contribution >= 0.6 is 27.3 Å². The quantitative estimate of drug-likeness (QED) is 0.662. The van der Waals surface area contributed by atoms with Gasteiger partial charge in [-0.25, -0.2) is 9.37 Å². The molecule has 0 unspecified atom stereocenters. The van der Waals surface area contributed by atoms with Crippen LogP contribution in [0.5, 0.6) is 10.9 Å². The molecule has 0 radical (unpaired) electrons. The van der Waals surface area contributed by atoms with Crippen LogP contribution < -0.4 is 4.74 Å². The van der Waals surface area contributed by atoms with Gasteiger partial charge in [0.25, 0.3) is 5.19 Å². The van der Waals surface area contributed by atoms with Gasteiger partial charge in [-0.2, -0.15) is 0 Å². The van der Waals surface area contributed by atoms with Gasteiger partial charge >= 0.3 is 0 Å². The second kappa shape index (κ2) is 4.66. The molecule has 0 bridgehead atoms. The van der Waals surface area contributed by atoms with E-state index in [-0.39, 0.29) is 5.82 Å². The lowest BCUT2D eigenvalue weighted by atomic mass is 10.3. The molecule has 3 rings (SSSR count). The summed E-state index contributed by atoms with van der Waals surface area (Å²) >= 11 is 4.58. The van der Waals surface area contributed by atoms with E-state index < -0.39 is 0 Å². The normalized spacial score (nSPS) is 10.8. The number of hydrogen-bond donors (Lipinski definition) is 0. The molecule has 0 N–H and O–H groups in total. The number of fused-ring (bicyclic) bond motifs is 1. The smallest absolute Gasteiger partial charge is 0.279 e. The molecule has 0 aliphatic heterocycles. The van der Waals surface area contributed by atoms with Crippen LogP contribution in [0, 0.1) is 5.82 Å². The number of rotatable bonds is 2. The van der Waals surface area contributed by atoms with Crippen LogP contribution in [0.3, 0.4) is 0 Å². The third-order valence-corrected chi connectivity index (χ3v) is 3.89. The summed E-state index contributed by atoms with van der Waals surface area (Å²) in [7, 11) is 0. The summed E-state index contributed by atoms with van der Waals surface area (Å²) < 4.78 is 20.1. The Morgan fingerprint density at radius 2 is 2.00 bits per heavy atom. The Balaban J connectivity index is 1.93. The summed E-state index contributed by atoms with van der Waals surface area (Å²) in [6.45, 7) is 0. The number of ether oxygens (including phenoxy) is 1. The minimum absolute atomic E-state index is 0.313. The monoisotopic (exact) mass is 323 g/mol. The molecule has 2 aromatic carbocycles. The largest absolute Gasteiger partial charge is 0.431 e. The van der Waals surface area contributed by atoms with Crippen LogP contribution in [0.25, 0.3) is 10.2 Å². The van der Waals surface area contributed by atoms with Crippen LogP contribution in [0.2, 0.25) is 0 Å². The number of aromatic nitrogens is 1. The SMILES string of the molecule is Fc1ccc(Oc2nc3ccccc3s2)cc1Br. The van der Waals surface area contributed by atoms with Crippen molar-refractivity contribution in [3.8, 4) is 10.9 Å². The molecule has 0 aliphatic rings. The molecule has 5 heteroatoms. The van der Waals surface area contributed by atoms with E-state index in [1.807, 2.05) is 24.3 Å². The van der Waals surface area contributed by atoms with Crippen molar-refractivity contribution in [2.45, 2.75) is 0 Å². The third-order valence-electron chi connectivity index (χ3n) is 2.37. The summed E-state index contributed by atoms with van der Waals surface area (Å²) in [5, 5.41) is 0.551. The van der Waals surface area contributed by atoms with Crippen LogP contribution in [0.1, 0.15) is 0 Å². The topological polar surface area (TPSA) is 22.1 Å². The highest BCUT2D eigenvalue weighted by Crippen LogP contribution is 2.32. The first kappa shape index (κ1) is 11.6. The maximum absolute atomic E-state index is 13.1. The first-order valence-electron chi connectivity index (χ1n) is 5.21. The van der Waals surface area contributed by atoms with Crippen molar-refractivity contribution in [2.75, 3.05) is 0 Å². The van der Waals surface area contributed by atoms with Crippen LogP contribution in [0.15, 0.2) is 46.9 Å². The number of benzene rings is 2. The number of para-hydroxylation sites is 1. The lowest BCUT2D eigenvalue weighted by Crippen LogP contribution is -1.84. The zero-order valence-electron chi connectivity index (χ0n) is 9.06. The second-order valence-electron chi connectivity index (χ2n) is 3.63. The lowest BCUT2D eigenvalue weighted by molar-refractivity contribution is 0.477. The fourth-order valence-electron chi connectivity index (χ4n) is 1.54. The fourth-order valence-corrected chi connectivity index (χ4v) is 2.73. The molecule has 90 valence electrons. The Bertz CT molecular complexity index is 680. The number of hydrogen-bond acceptors (Lipinski definition) is 3. The molecule has 1 heterocycles. The second-order valence-corrected chi connectivity index (χ2v) is 5.47. The maximum atomic E-state index is 13.1. The zero-order valence-corrected chi connectivity index (χ0v) is 11.5. The predicted octanol–water partition coefficient (Wildman–Crippen LogP) is 4.99. The van der Waals surface area contributed by atoms with E-state index in [9.17, 15) is 4.39 Å². The van der Waals surface area contributed by atoms with E-state index in [1.54, 1.807) is 12.1 Å². The molecule has 0 atom stereocenters. The van der Waals surface area contributed by atoms with Gasteiger partial charge in [0, 0.05) is 0 Å². The Labute approximate surface area is 115 Å². The maximum Gasteiger partial charge on any atom is 0.279 e. The summed E-state index contributed by atoms with van der Waals surface area (Å²) in [4.78, 5) is 4.35. The zero-order chi connectivity index (χ0) is 12.5. The first-order chi connectivity index (χ1) is 8.72. The van der Waals surface area contributed by atoms with Crippen molar-refractivity contribution >= 4 is 37.5 Å². The van der Waals surface area contributed by atoms with E-state index in [2.05, 4.69) is 20.9 Å². The van der Waals surface area contributed by atoms with Crippen LogP contribution in [-0.2, 0) is 0 Å². The van der Waals surface area contributed by atoms with Gasteiger partial charge in [0.05, 0.1) is 14.7 Å². The molecule has 0 saturated carbocycles. The van der Waals surface area contributed by atoms with Gasteiger partial charge in [-0.3, -0.25) is 0 Å². The highest BCUT2D eigenvalue weighted by atomic mass is 79.9. The first-order valence-corrected chi connectivity index (χ1v) is 6.82. The molecule has 0 aliphatic carbocycles. The van der Waals surface area contributed by atoms with E-state index in [1.165, 1.54) is 17.4 Å². The average molecular weight is 324 g/mol. The van der Waals surface area contributed by atoms with E-state index in [4.69, 9.17) is 4.74 Å². The minimum atomic E-state index is -0.313. The van der Waals surface area contributed by atoms with Crippen LogP contribution in [0.4, 0.5) is 4.39 Å². The van der Waals surface area contributed by atoms with E-state index in [0.29, 0.717) is 15.4 Å². The Morgan fingerprint density at radius 3 is 2.78 bits per heavy atom. The van der Waals surface area contributed by atoms with Crippen molar-refractivity contribution in [3.63, 3.8) is 0 Å². The molecule has 2 nitrogen and oxygen atoms in total. The molecule has 3 aromatic rings. The predicted molar refractivity (Wildman–Crippen MR) is 73.8 cm³/mol. The van der Waals surface area contributed by atoms with Gasteiger partial charge in [-0.15, -0.1) is 0 Å². The highest BCUT2D eigenvalue weighted by Gasteiger charge is 2.07. The summed E-state index contributed by atoms with van der Waals surface area (Å²) in [5.74, 6) is 0.244. The molecular weight excluding hydrogens is 317 g/mol. The summed E-state index contributed by atoms with van der Waals surface area (Å²) in [5.41, 5.74) is 0.902. The standard InChI is InChI=1S/C13H7BrFNOS/c14-9-7-8(5-6-10(9)15)17-13-16-11-3-1-2-4-12(11)18-13/h1-7H. The molecule has 0 spiro atoms. The van der Waals surface area contributed by atoms with Crippen molar-refractivity contribution in [2.24, 2.45) is 0 Å². The van der Waals surface area contributed by atoms with E-state index >= 15 is 0 Å². The Kier molecular flexibility index (Phi) is 3.01. The fraction of sp³-hybridized carbons (Fsp3) is 0. The van der Waals surface area contributed by atoms with Gasteiger partial charge in [0.1, 0.15) is 11.6 Å². The Morgan fingerprint density at radius 1 is 1.17 bits per heavy atom.